The van der Waals surface area contributed by atoms with Crippen molar-refractivity contribution >= 4 is 11.9 Å². The molecule has 1 aliphatic heterocycles. The number of hydrogen-bond acceptors (Lipinski definition) is 2. The molecule has 26 heavy (non-hydrogen) atoms. The lowest BCUT2D eigenvalue weighted by Gasteiger charge is -2.32. The third kappa shape index (κ3) is 4.77. The zero-order valence-corrected chi connectivity index (χ0v) is 15.8. The van der Waals surface area contributed by atoms with Gasteiger partial charge in [0.05, 0.1) is 0 Å². The maximum absolute atomic E-state index is 12.7. The Morgan fingerprint density at radius 3 is 2.54 bits per heavy atom. The molecule has 1 saturated carbocycles. The van der Waals surface area contributed by atoms with Crippen LogP contribution in [0, 0.1) is 0 Å². The third-order valence-electron chi connectivity index (χ3n) is 5.73. The van der Waals surface area contributed by atoms with Crippen molar-refractivity contribution in [2.24, 2.45) is 0 Å². The van der Waals surface area contributed by atoms with E-state index < -0.39 is 0 Å². The van der Waals surface area contributed by atoms with Gasteiger partial charge in [-0.05, 0) is 43.4 Å². The topological polar surface area (TPSA) is 61.4 Å². The van der Waals surface area contributed by atoms with Gasteiger partial charge in [0.2, 0.25) is 0 Å². The summed E-state index contributed by atoms with van der Waals surface area (Å²) in [4.78, 5) is 26.5. The molecule has 142 valence electrons. The predicted octanol–water partition coefficient (Wildman–Crippen LogP) is 3.66. The van der Waals surface area contributed by atoms with E-state index in [9.17, 15) is 9.59 Å². The molecule has 5 heteroatoms. The van der Waals surface area contributed by atoms with Crippen molar-refractivity contribution in [3.63, 3.8) is 0 Å². The first-order valence-corrected chi connectivity index (χ1v) is 10.0. The fourth-order valence-electron chi connectivity index (χ4n) is 4.22. The summed E-state index contributed by atoms with van der Waals surface area (Å²) in [6, 6.07) is 8.26. The van der Waals surface area contributed by atoms with Crippen molar-refractivity contribution in [3.05, 3.63) is 35.4 Å². The van der Waals surface area contributed by atoms with Gasteiger partial charge in [-0.3, -0.25) is 4.79 Å². The van der Waals surface area contributed by atoms with Crippen LogP contribution in [0.3, 0.4) is 0 Å². The van der Waals surface area contributed by atoms with Crippen LogP contribution < -0.4 is 10.6 Å². The first kappa shape index (κ1) is 18.7. The van der Waals surface area contributed by atoms with Gasteiger partial charge in [-0.25, -0.2) is 4.79 Å². The number of amides is 3. The molecule has 1 aromatic rings. The van der Waals surface area contributed by atoms with Gasteiger partial charge in [-0.15, -0.1) is 0 Å². The predicted molar refractivity (Wildman–Crippen MR) is 103 cm³/mol. The van der Waals surface area contributed by atoms with Crippen LogP contribution in [0.5, 0.6) is 0 Å². The summed E-state index contributed by atoms with van der Waals surface area (Å²) >= 11 is 0. The first-order chi connectivity index (χ1) is 12.7. The van der Waals surface area contributed by atoms with Gasteiger partial charge in [0.15, 0.2) is 0 Å². The van der Waals surface area contributed by atoms with Crippen LogP contribution in [-0.4, -0.2) is 43.0 Å². The summed E-state index contributed by atoms with van der Waals surface area (Å²) in [6.45, 7) is 1.52. The number of nitrogens with one attached hydrogen (secondary N) is 2. The van der Waals surface area contributed by atoms with Crippen molar-refractivity contribution in [1.82, 2.24) is 15.5 Å². The monoisotopic (exact) mass is 357 g/mol. The Labute approximate surface area is 156 Å². The molecule has 2 N–H and O–H groups in total. The molecule has 0 unspecified atom stereocenters. The van der Waals surface area contributed by atoms with E-state index in [-0.39, 0.29) is 11.9 Å². The Hall–Kier alpha value is -2.04. The molecule has 3 amide bonds. The SMILES string of the molecule is CNC(=O)N1CCC[C@@H](c2cccc(C(=O)NC3CCCCCC3)c2)C1. The van der Waals surface area contributed by atoms with Crippen molar-refractivity contribution in [3.8, 4) is 0 Å². The molecule has 0 spiro atoms. The van der Waals surface area contributed by atoms with Crippen molar-refractivity contribution in [1.29, 1.82) is 0 Å². The maximum atomic E-state index is 12.7. The van der Waals surface area contributed by atoms with E-state index in [1.165, 1.54) is 25.7 Å². The number of rotatable bonds is 3. The zero-order chi connectivity index (χ0) is 18.4. The van der Waals surface area contributed by atoms with Crippen LogP contribution in [0.2, 0.25) is 0 Å². The molecule has 2 aliphatic rings. The number of benzene rings is 1. The molecule has 1 heterocycles. The minimum atomic E-state index is -0.0167. The Bertz CT molecular complexity index is 623. The average Bonchev–Trinajstić information content (AvgIpc) is 2.96. The number of nitrogens with zero attached hydrogens (tertiary/aromatic N) is 1. The van der Waals surface area contributed by atoms with E-state index in [0.29, 0.717) is 18.5 Å². The lowest BCUT2D eigenvalue weighted by atomic mass is 9.89. The molecule has 5 nitrogen and oxygen atoms in total. The highest BCUT2D eigenvalue weighted by Crippen LogP contribution is 2.27. The van der Waals surface area contributed by atoms with E-state index in [0.717, 1.165) is 43.4 Å². The molecular weight excluding hydrogens is 326 g/mol. The summed E-state index contributed by atoms with van der Waals surface area (Å²) in [5, 5.41) is 5.94. The van der Waals surface area contributed by atoms with E-state index >= 15 is 0 Å². The van der Waals surface area contributed by atoms with Gasteiger partial charge in [0.1, 0.15) is 0 Å². The highest BCUT2D eigenvalue weighted by atomic mass is 16.2. The fourth-order valence-corrected chi connectivity index (χ4v) is 4.22. The second-order valence-corrected chi connectivity index (χ2v) is 7.63. The van der Waals surface area contributed by atoms with Crippen LogP contribution >= 0.6 is 0 Å². The quantitative estimate of drug-likeness (QED) is 0.811. The average molecular weight is 357 g/mol. The summed E-state index contributed by atoms with van der Waals surface area (Å²) in [7, 11) is 1.67. The van der Waals surface area contributed by atoms with Gasteiger partial charge in [-0.2, -0.15) is 0 Å². The number of piperidine rings is 1. The van der Waals surface area contributed by atoms with Crippen LogP contribution in [0.25, 0.3) is 0 Å². The lowest BCUT2D eigenvalue weighted by Crippen LogP contribution is -2.43. The maximum Gasteiger partial charge on any atom is 0.317 e. The first-order valence-electron chi connectivity index (χ1n) is 10.0. The minimum absolute atomic E-state index is 0.0167. The Morgan fingerprint density at radius 2 is 1.81 bits per heavy atom. The van der Waals surface area contributed by atoms with E-state index in [1.54, 1.807) is 7.05 Å². The summed E-state index contributed by atoms with van der Waals surface area (Å²) in [5.74, 6) is 0.337. The van der Waals surface area contributed by atoms with Gasteiger partial charge >= 0.3 is 6.03 Å². The van der Waals surface area contributed by atoms with Crippen molar-refractivity contribution in [2.45, 2.75) is 63.3 Å². The second-order valence-electron chi connectivity index (χ2n) is 7.63. The second kappa shape index (κ2) is 9.06. The normalized spacial score (nSPS) is 21.7. The molecule has 1 saturated heterocycles. The highest BCUT2D eigenvalue weighted by molar-refractivity contribution is 5.94. The van der Waals surface area contributed by atoms with Crippen LogP contribution in [0.1, 0.15) is 73.2 Å². The smallest absolute Gasteiger partial charge is 0.317 e. The molecule has 1 aromatic carbocycles. The molecule has 1 atom stereocenters. The van der Waals surface area contributed by atoms with Crippen LogP contribution in [-0.2, 0) is 0 Å². The summed E-state index contributed by atoms with van der Waals surface area (Å²) in [5.41, 5.74) is 1.90. The highest BCUT2D eigenvalue weighted by Gasteiger charge is 2.25. The molecule has 0 radical (unpaired) electrons. The van der Waals surface area contributed by atoms with E-state index in [4.69, 9.17) is 0 Å². The van der Waals surface area contributed by atoms with Gasteiger partial charge in [0.25, 0.3) is 5.91 Å². The Kier molecular flexibility index (Phi) is 6.53. The van der Waals surface area contributed by atoms with E-state index in [2.05, 4.69) is 16.7 Å². The van der Waals surface area contributed by atoms with Crippen molar-refractivity contribution < 1.29 is 9.59 Å². The molecule has 2 fully saturated rings. The standard InChI is InChI=1S/C21H31N3O2/c1-22-21(26)24-13-7-10-18(15-24)16-8-6-9-17(14-16)20(25)23-19-11-4-2-3-5-12-19/h6,8-9,14,18-19H,2-5,7,10-13,15H2,1H3,(H,22,26)(H,23,25)/t18-/m1/s1. The number of likely N-dealkylation sites (tertiary alicyclic amines) is 1. The number of carbonyl (C=O) groups excluding carboxylic acids is 2. The number of urea groups is 1. The minimum Gasteiger partial charge on any atom is -0.349 e. The molecule has 0 bridgehead atoms. The van der Waals surface area contributed by atoms with Crippen molar-refractivity contribution in [2.75, 3.05) is 20.1 Å². The molecule has 1 aliphatic carbocycles. The third-order valence-corrected chi connectivity index (χ3v) is 5.73. The van der Waals surface area contributed by atoms with Crippen LogP contribution in [0.4, 0.5) is 4.79 Å². The van der Waals surface area contributed by atoms with E-state index in [1.807, 2.05) is 23.1 Å². The van der Waals surface area contributed by atoms with Crippen LogP contribution in [0.15, 0.2) is 24.3 Å². The van der Waals surface area contributed by atoms with Gasteiger partial charge < -0.3 is 15.5 Å². The summed E-state index contributed by atoms with van der Waals surface area (Å²) in [6.07, 6.45) is 9.23. The lowest BCUT2D eigenvalue weighted by molar-refractivity contribution is 0.0933. The van der Waals surface area contributed by atoms with Gasteiger partial charge in [0, 0.05) is 37.7 Å². The fraction of sp³-hybridized carbons (Fsp3) is 0.619. The number of hydrogen-bond donors (Lipinski definition) is 2. The Balaban J connectivity index is 1.65. The zero-order valence-electron chi connectivity index (χ0n) is 15.8. The molecule has 0 aromatic heterocycles. The van der Waals surface area contributed by atoms with Gasteiger partial charge in [-0.1, -0.05) is 37.8 Å². The summed E-state index contributed by atoms with van der Waals surface area (Å²) < 4.78 is 0. The largest absolute Gasteiger partial charge is 0.349 e. The Morgan fingerprint density at radius 1 is 1.04 bits per heavy atom. The molecule has 3 rings (SSSR count). The molecular formula is C21H31N3O2. The number of carbonyl (C=O) groups is 2.